The fourth-order valence-corrected chi connectivity index (χ4v) is 1.83. The fourth-order valence-electron chi connectivity index (χ4n) is 1.83. The Labute approximate surface area is 123 Å². The van der Waals surface area contributed by atoms with Gasteiger partial charge in [-0.05, 0) is 0 Å². The first-order valence-corrected chi connectivity index (χ1v) is 6.02. The number of nitrogens with one attached hydrogen (secondary N) is 2. The predicted molar refractivity (Wildman–Crippen MR) is 66.7 cm³/mol. The van der Waals surface area contributed by atoms with Gasteiger partial charge in [0.2, 0.25) is 5.91 Å². The van der Waals surface area contributed by atoms with Gasteiger partial charge in [-0.2, -0.15) is 0 Å². The molecule has 2 saturated heterocycles. The first kappa shape index (κ1) is 17.8. The van der Waals surface area contributed by atoms with Crippen molar-refractivity contribution in [1.82, 2.24) is 20.4 Å². The van der Waals surface area contributed by atoms with Crippen molar-refractivity contribution in [1.29, 1.82) is 0 Å². The lowest BCUT2D eigenvalue weighted by Crippen LogP contribution is -2.56. The van der Waals surface area contributed by atoms with Crippen LogP contribution in [0.2, 0.25) is 0 Å². The number of urea groups is 2. The van der Waals surface area contributed by atoms with Crippen LogP contribution < -0.4 is 10.6 Å². The molecule has 124 valence electrons. The van der Waals surface area contributed by atoms with Crippen molar-refractivity contribution in [3.05, 3.63) is 0 Å². The number of aliphatic hydroxyl groups is 4. The molecule has 0 spiro atoms. The fraction of sp³-hybridized carbons (Fsp3) is 0.600. The van der Waals surface area contributed by atoms with Crippen molar-refractivity contribution in [2.75, 3.05) is 33.2 Å². The molecule has 2 aliphatic rings. The summed E-state index contributed by atoms with van der Waals surface area (Å²) in [4.78, 5) is 44.1. The third-order valence-electron chi connectivity index (χ3n) is 3.09. The van der Waals surface area contributed by atoms with Gasteiger partial charge < -0.3 is 25.7 Å². The van der Waals surface area contributed by atoms with Crippen LogP contribution in [0.5, 0.6) is 0 Å². The lowest BCUT2D eigenvalue weighted by atomic mass is 10.0. The molecule has 0 aromatic carbocycles. The van der Waals surface area contributed by atoms with Crippen LogP contribution in [-0.2, 0) is 9.59 Å². The second kappa shape index (κ2) is 7.13. The Kier molecular flexibility index (Phi) is 5.76. The maximum absolute atomic E-state index is 11.6. The Hall–Kier alpha value is -2.28. The molecule has 6 amide bonds. The molecule has 0 radical (unpaired) electrons. The molecular weight excluding hydrogens is 304 g/mol. The summed E-state index contributed by atoms with van der Waals surface area (Å²) in [7, 11) is 0. The average molecular weight is 320 g/mol. The van der Waals surface area contributed by atoms with Gasteiger partial charge in [0, 0.05) is 0 Å². The summed E-state index contributed by atoms with van der Waals surface area (Å²) >= 11 is 0. The molecule has 6 N–H and O–H groups in total. The molecule has 2 rings (SSSR count). The summed E-state index contributed by atoms with van der Waals surface area (Å²) in [5, 5.41) is 40.0. The lowest BCUT2D eigenvalue weighted by molar-refractivity contribution is -0.141. The Morgan fingerprint density at radius 2 is 1.59 bits per heavy atom. The van der Waals surface area contributed by atoms with Gasteiger partial charge in [-0.1, -0.05) is 0 Å². The molecule has 0 bridgehead atoms. The van der Waals surface area contributed by atoms with E-state index in [0.29, 0.717) is 9.80 Å². The number of hydrogen-bond donors (Lipinski definition) is 6. The van der Waals surface area contributed by atoms with E-state index in [9.17, 15) is 19.2 Å². The Morgan fingerprint density at radius 3 is 1.82 bits per heavy atom. The van der Waals surface area contributed by atoms with Crippen molar-refractivity contribution in [2.45, 2.75) is 5.54 Å². The van der Waals surface area contributed by atoms with Crippen molar-refractivity contribution in [3.8, 4) is 0 Å². The van der Waals surface area contributed by atoms with Crippen LogP contribution >= 0.6 is 0 Å². The van der Waals surface area contributed by atoms with E-state index in [1.165, 1.54) is 0 Å². The minimum absolute atomic E-state index is 0.124. The molecule has 0 aromatic heterocycles. The standard InChI is InChI=1S/C7H12N2O6.C3H4N2O2/c10-1-7(2-11)5(14)8(3-12)6(15)9(7)4-13;6-2-1-4-3(7)5-2/h10-13H,1-4H2;1H2,(H2,4,5,6,7). The lowest BCUT2D eigenvalue weighted by Gasteiger charge is -2.29. The zero-order valence-corrected chi connectivity index (χ0v) is 11.4. The molecule has 0 aromatic rings. The highest BCUT2D eigenvalue weighted by Gasteiger charge is 2.56. The molecule has 0 atom stereocenters. The molecule has 12 nitrogen and oxygen atoms in total. The van der Waals surface area contributed by atoms with E-state index in [2.05, 4.69) is 5.32 Å². The second-order valence-corrected chi connectivity index (χ2v) is 4.31. The number of carbonyl (C=O) groups is 4. The monoisotopic (exact) mass is 320 g/mol. The van der Waals surface area contributed by atoms with Crippen LogP contribution in [0.3, 0.4) is 0 Å². The molecule has 0 aliphatic carbocycles. The zero-order chi connectivity index (χ0) is 16.9. The molecule has 2 fully saturated rings. The van der Waals surface area contributed by atoms with E-state index in [-0.39, 0.29) is 12.5 Å². The number of hydrogen-bond acceptors (Lipinski definition) is 8. The summed E-state index contributed by atoms with van der Waals surface area (Å²) in [5.41, 5.74) is -1.88. The van der Waals surface area contributed by atoms with Gasteiger partial charge in [0.05, 0.1) is 19.8 Å². The van der Waals surface area contributed by atoms with Gasteiger partial charge in [-0.3, -0.25) is 19.8 Å². The summed E-state index contributed by atoms with van der Waals surface area (Å²) in [5.74, 6) is -1.20. The molecule has 22 heavy (non-hydrogen) atoms. The van der Waals surface area contributed by atoms with Crippen molar-refractivity contribution < 1.29 is 39.6 Å². The number of aliphatic hydroxyl groups excluding tert-OH is 4. The highest BCUT2D eigenvalue weighted by atomic mass is 16.3. The summed E-state index contributed by atoms with van der Waals surface area (Å²) < 4.78 is 0. The molecule has 0 saturated carbocycles. The van der Waals surface area contributed by atoms with Crippen LogP contribution in [0.15, 0.2) is 0 Å². The SMILES string of the molecule is O=C1CNC(=O)N1.O=C1N(CO)C(=O)C(CO)(CO)N1CO. The van der Waals surface area contributed by atoms with E-state index in [4.69, 9.17) is 20.4 Å². The van der Waals surface area contributed by atoms with E-state index in [0.717, 1.165) is 0 Å². The van der Waals surface area contributed by atoms with Gasteiger partial charge >= 0.3 is 12.1 Å². The van der Waals surface area contributed by atoms with Crippen LogP contribution in [0.1, 0.15) is 0 Å². The maximum Gasteiger partial charge on any atom is 0.331 e. The third kappa shape index (κ3) is 2.99. The largest absolute Gasteiger partial charge is 0.393 e. The molecule has 0 unspecified atom stereocenters. The van der Waals surface area contributed by atoms with E-state index >= 15 is 0 Å². The number of carbonyl (C=O) groups excluding carboxylic acids is 4. The Bertz CT molecular complexity index is 464. The highest BCUT2D eigenvalue weighted by Crippen LogP contribution is 2.26. The number of nitrogens with zero attached hydrogens (tertiary/aromatic N) is 2. The molecule has 2 heterocycles. The first-order chi connectivity index (χ1) is 10.4. The van der Waals surface area contributed by atoms with Gasteiger partial charge in [-0.15, -0.1) is 0 Å². The molecular formula is C10H16N4O8. The zero-order valence-electron chi connectivity index (χ0n) is 11.4. The minimum Gasteiger partial charge on any atom is -0.393 e. The van der Waals surface area contributed by atoms with Crippen LogP contribution in [0.4, 0.5) is 9.59 Å². The van der Waals surface area contributed by atoms with Crippen LogP contribution in [0.25, 0.3) is 0 Å². The predicted octanol–water partition coefficient (Wildman–Crippen LogP) is -4.30. The average Bonchev–Trinajstić information content (AvgIpc) is 2.97. The Morgan fingerprint density at radius 1 is 1.00 bits per heavy atom. The Balaban J connectivity index is 0.000000287. The van der Waals surface area contributed by atoms with E-state index < -0.39 is 50.2 Å². The van der Waals surface area contributed by atoms with Gasteiger partial charge in [-0.25, -0.2) is 14.5 Å². The molecule has 12 heteroatoms. The summed E-state index contributed by atoms with van der Waals surface area (Å²) in [6.45, 7) is -3.23. The van der Waals surface area contributed by atoms with Gasteiger partial charge in [0.15, 0.2) is 5.54 Å². The van der Waals surface area contributed by atoms with Gasteiger partial charge in [0.25, 0.3) is 5.91 Å². The third-order valence-corrected chi connectivity index (χ3v) is 3.09. The first-order valence-electron chi connectivity index (χ1n) is 6.02. The number of amides is 6. The van der Waals surface area contributed by atoms with Crippen molar-refractivity contribution >= 4 is 23.9 Å². The normalized spacial score (nSPS) is 19.8. The van der Waals surface area contributed by atoms with Crippen LogP contribution in [0, 0.1) is 0 Å². The van der Waals surface area contributed by atoms with Crippen LogP contribution in [-0.4, -0.2) is 92.9 Å². The highest BCUT2D eigenvalue weighted by molar-refractivity contribution is 6.07. The number of rotatable bonds is 4. The smallest absolute Gasteiger partial charge is 0.331 e. The van der Waals surface area contributed by atoms with Gasteiger partial charge in [0.1, 0.15) is 13.5 Å². The van der Waals surface area contributed by atoms with E-state index in [1.807, 2.05) is 5.32 Å². The maximum atomic E-state index is 11.6. The number of imide groups is 2. The van der Waals surface area contributed by atoms with Crippen molar-refractivity contribution in [3.63, 3.8) is 0 Å². The molecule has 2 aliphatic heterocycles. The topological polar surface area (TPSA) is 180 Å². The quantitative estimate of drug-likeness (QED) is 0.281. The minimum atomic E-state index is -1.88. The van der Waals surface area contributed by atoms with E-state index in [1.54, 1.807) is 0 Å². The summed E-state index contributed by atoms with van der Waals surface area (Å²) in [6.07, 6.45) is 0. The second-order valence-electron chi connectivity index (χ2n) is 4.31. The van der Waals surface area contributed by atoms with Crippen molar-refractivity contribution in [2.24, 2.45) is 0 Å². The summed E-state index contributed by atoms with van der Waals surface area (Å²) in [6, 6.07) is -1.35.